The third kappa shape index (κ3) is 1.84. The lowest BCUT2D eigenvalue weighted by molar-refractivity contribution is 0.888. The standard InChI is InChI=1S/C9H11Br/c1-8(7-10)9-5-3-2-4-6-9/h2-6,8H,7H2,1H3. The van der Waals surface area contributed by atoms with Crippen molar-refractivity contribution < 1.29 is 0 Å². The topological polar surface area (TPSA) is 0 Å². The minimum absolute atomic E-state index is 0.626. The second kappa shape index (κ2) is 3.77. The molecule has 0 spiro atoms. The molecule has 10 heavy (non-hydrogen) atoms. The van der Waals surface area contributed by atoms with Crippen molar-refractivity contribution in [3.8, 4) is 0 Å². The molecule has 1 rings (SSSR count). The van der Waals surface area contributed by atoms with Crippen LogP contribution in [0.25, 0.3) is 0 Å². The molecule has 0 radical (unpaired) electrons. The largest absolute Gasteiger partial charge is 0.0922 e. The Kier molecular flexibility index (Phi) is 2.94. The molecule has 1 heteroatoms. The van der Waals surface area contributed by atoms with E-state index in [1.54, 1.807) is 0 Å². The fourth-order valence-electron chi connectivity index (χ4n) is 0.871. The Labute approximate surface area is 70.4 Å². The lowest BCUT2D eigenvalue weighted by atomic mass is 10.0. The molecule has 0 bridgehead atoms. The summed E-state index contributed by atoms with van der Waals surface area (Å²) in [6.07, 6.45) is 0. The van der Waals surface area contributed by atoms with E-state index in [-0.39, 0.29) is 0 Å². The monoisotopic (exact) mass is 198 g/mol. The summed E-state index contributed by atoms with van der Waals surface area (Å²) in [5, 5.41) is 1.04. The van der Waals surface area contributed by atoms with Gasteiger partial charge in [0.15, 0.2) is 0 Å². The van der Waals surface area contributed by atoms with Crippen LogP contribution in [0.4, 0.5) is 0 Å². The van der Waals surface area contributed by atoms with E-state index in [0.29, 0.717) is 5.92 Å². The minimum Gasteiger partial charge on any atom is -0.0922 e. The van der Waals surface area contributed by atoms with Gasteiger partial charge in [-0.25, -0.2) is 0 Å². The van der Waals surface area contributed by atoms with Gasteiger partial charge in [-0.3, -0.25) is 0 Å². The van der Waals surface area contributed by atoms with E-state index in [1.807, 2.05) is 6.07 Å². The van der Waals surface area contributed by atoms with Crippen LogP contribution in [-0.4, -0.2) is 5.33 Å². The smallest absolute Gasteiger partial charge is 0.00975 e. The van der Waals surface area contributed by atoms with Gasteiger partial charge in [0, 0.05) is 5.33 Å². The van der Waals surface area contributed by atoms with Crippen LogP contribution in [-0.2, 0) is 0 Å². The molecule has 0 aliphatic carbocycles. The summed E-state index contributed by atoms with van der Waals surface area (Å²) in [4.78, 5) is 0. The molecular formula is C9H11Br. The van der Waals surface area contributed by atoms with Crippen LogP contribution < -0.4 is 0 Å². The Morgan fingerprint density at radius 3 is 2.40 bits per heavy atom. The maximum absolute atomic E-state index is 3.45. The zero-order valence-corrected chi connectivity index (χ0v) is 7.64. The molecule has 1 unspecified atom stereocenters. The lowest BCUT2D eigenvalue weighted by Gasteiger charge is -2.05. The van der Waals surface area contributed by atoms with Crippen LogP contribution in [0, 0.1) is 0 Å². The maximum atomic E-state index is 3.45. The number of benzene rings is 1. The highest BCUT2D eigenvalue weighted by Gasteiger charge is 1.99. The van der Waals surface area contributed by atoms with E-state index < -0.39 is 0 Å². The molecule has 0 aromatic heterocycles. The molecule has 0 aliphatic heterocycles. The molecule has 0 N–H and O–H groups in total. The molecule has 0 nitrogen and oxygen atoms in total. The van der Waals surface area contributed by atoms with Gasteiger partial charge in [-0.2, -0.15) is 0 Å². The van der Waals surface area contributed by atoms with Crippen LogP contribution >= 0.6 is 15.9 Å². The minimum atomic E-state index is 0.626. The third-order valence-corrected chi connectivity index (χ3v) is 2.57. The SMILES string of the molecule is CC(CBr)c1ccccc1. The molecule has 0 fully saturated rings. The molecular weight excluding hydrogens is 188 g/mol. The van der Waals surface area contributed by atoms with Crippen molar-refractivity contribution >= 4 is 15.9 Å². The molecule has 54 valence electrons. The van der Waals surface area contributed by atoms with Crippen molar-refractivity contribution in [1.29, 1.82) is 0 Å². The van der Waals surface area contributed by atoms with Crippen molar-refractivity contribution in [3.05, 3.63) is 35.9 Å². The Hall–Kier alpha value is -0.300. The summed E-state index contributed by atoms with van der Waals surface area (Å²) < 4.78 is 0. The van der Waals surface area contributed by atoms with Crippen LogP contribution in [0.15, 0.2) is 30.3 Å². The van der Waals surface area contributed by atoms with Gasteiger partial charge in [-0.15, -0.1) is 0 Å². The maximum Gasteiger partial charge on any atom is 0.00975 e. The van der Waals surface area contributed by atoms with Crippen LogP contribution in [0.2, 0.25) is 0 Å². The zero-order valence-electron chi connectivity index (χ0n) is 6.05. The van der Waals surface area contributed by atoms with Crippen molar-refractivity contribution in [1.82, 2.24) is 0 Å². The first-order valence-electron chi connectivity index (χ1n) is 3.45. The van der Waals surface area contributed by atoms with E-state index >= 15 is 0 Å². The fraction of sp³-hybridized carbons (Fsp3) is 0.333. The molecule has 0 saturated heterocycles. The van der Waals surface area contributed by atoms with E-state index in [0.717, 1.165) is 5.33 Å². The van der Waals surface area contributed by atoms with Gasteiger partial charge in [-0.1, -0.05) is 53.2 Å². The van der Waals surface area contributed by atoms with Gasteiger partial charge >= 0.3 is 0 Å². The van der Waals surface area contributed by atoms with E-state index in [4.69, 9.17) is 0 Å². The Morgan fingerprint density at radius 1 is 1.30 bits per heavy atom. The van der Waals surface area contributed by atoms with Crippen molar-refractivity contribution in [2.75, 3.05) is 5.33 Å². The van der Waals surface area contributed by atoms with Crippen molar-refractivity contribution in [3.63, 3.8) is 0 Å². The summed E-state index contributed by atoms with van der Waals surface area (Å²) in [6.45, 7) is 2.21. The highest BCUT2D eigenvalue weighted by Crippen LogP contribution is 2.15. The van der Waals surface area contributed by atoms with Gasteiger partial charge in [0.2, 0.25) is 0 Å². The molecule has 1 atom stereocenters. The second-order valence-corrected chi connectivity index (χ2v) is 3.11. The summed E-state index contributed by atoms with van der Waals surface area (Å²) >= 11 is 3.45. The molecule has 1 aromatic rings. The van der Waals surface area contributed by atoms with Gasteiger partial charge in [0.1, 0.15) is 0 Å². The summed E-state index contributed by atoms with van der Waals surface area (Å²) in [6, 6.07) is 10.5. The quantitative estimate of drug-likeness (QED) is 0.641. The zero-order chi connectivity index (χ0) is 7.40. The molecule has 0 saturated carbocycles. The first-order valence-corrected chi connectivity index (χ1v) is 4.57. The normalized spacial score (nSPS) is 13.0. The first kappa shape index (κ1) is 7.80. The van der Waals surface area contributed by atoms with E-state index in [2.05, 4.69) is 47.1 Å². The summed E-state index contributed by atoms with van der Waals surface area (Å²) in [5.41, 5.74) is 1.40. The van der Waals surface area contributed by atoms with Gasteiger partial charge in [0.25, 0.3) is 0 Å². The van der Waals surface area contributed by atoms with Crippen LogP contribution in [0.5, 0.6) is 0 Å². The third-order valence-electron chi connectivity index (χ3n) is 1.60. The predicted molar refractivity (Wildman–Crippen MR) is 48.7 cm³/mol. The summed E-state index contributed by atoms with van der Waals surface area (Å²) in [5.74, 6) is 0.626. The average Bonchev–Trinajstić information content (AvgIpc) is 2.05. The van der Waals surface area contributed by atoms with Crippen LogP contribution in [0.3, 0.4) is 0 Å². The van der Waals surface area contributed by atoms with E-state index in [1.165, 1.54) is 5.56 Å². The number of alkyl halides is 1. The molecule has 1 aromatic carbocycles. The molecule has 0 aliphatic rings. The van der Waals surface area contributed by atoms with Gasteiger partial charge in [0.05, 0.1) is 0 Å². The molecule has 0 amide bonds. The van der Waals surface area contributed by atoms with Gasteiger partial charge < -0.3 is 0 Å². The fourth-order valence-corrected chi connectivity index (χ4v) is 1.24. The first-order chi connectivity index (χ1) is 4.84. The Morgan fingerprint density at radius 2 is 1.90 bits per heavy atom. The predicted octanol–water partition coefficient (Wildman–Crippen LogP) is 3.19. The molecule has 0 heterocycles. The van der Waals surface area contributed by atoms with Gasteiger partial charge in [-0.05, 0) is 11.5 Å². The number of rotatable bonds is 2. The number of hydrogen-bond acceptors (Lipinski definition) is 0. The lowest BCUT2D eigenvalue weighted by Crippen LogP contribution is -1.92. The second-order valence-electron chi connectivity index (χ2n) is 2.47. The van der Waals surface area contributed by atoms with Crippen molar-refractivity contribution in [2.24, 2.45) is 0 Å². The van der Waals surface area contributed by atoms with Crippen LogP contribution in [0.1, 0.15) is 18.4 Å². The average molecular weight is 199 g/mol. The Balaban J connectivity index is 2.75. The summed E-state index contributed by atoms with van der Waals surface area (Å²) in [7, 11) is 0. The highest BCUT2D eigenvalue weighted by molar-refractivity contribution is 9.09. The van der Waals surface area contributed by atoms with Crippen molar-refractivity contribution in [2.45, 2.75) is 12.8 Å². The highest BCUT2D eigenvalue weighted by atomic mass is 79.9. The number of hydrogen-bond donors (Lipinski definition) is 0. The number of halogens is 1. The Bertz CT molecular complexity index is 181. The van der Waals surface area contributed by atoms with E-state index in [9.17, 15) is 0 Å².